The van der Waals surface area contributed by atoms with Crippen LogP contribution in [-0.2, 0) is 0 Å². The zero-order valence-corrected chi connectivity index (χ0v) is 15.7. The van der Waals surface area contributed by atoms with Crippen molar-refractivity contribution in [3.8, 4) is 16.9 Å². The summed E-state index contributed by atoms with van der Waals surface area (Å²) in [6.07, 6.45) is 1.81. The number of aromatic nitrogens is 1. The van der Waals surface area contributed by atoms with Crippen LogP contribution in [0.2, 0.25) is 5.02 Å². The van der Waals surface area contributed by atoms with Gasteiger partial charge in [0.25, 0.3) is 0 Å². The summed E-state index contributed by atoms with van der Waals surface area (Å²) in [5.74, 6) is 0. The van der Waals surface area contributed by atoms with Crippen molar-refractivity contribution in [1.82, 2.24) is 4.57 Å². The maximum absolute atomic E-state index is 6.06. The van der Waals surface area contributed by atoms with Crippen LogP contribution in [0.1, 0.15) is 0 Å². The molecule has 26 heavy (non-hydrogen) atoms. The van der Waals surface area contributed by atoms with Gasteiger partial charge in [0.15, 0.2) is 4.80 Å². The third kappa shape index (κ3) is 3.24. The largest absolute Gasteiger partial charge is 0.285 e. The highest BCUT2D eigenvalue weighted by molar-refractivity contribution is 7.07. The first kappa shape index (κ1) is 16.8. The van der Waals surface area contributed by atoms with Crippen molar-refractivity contribution >= 4 is 33.7 Å². The number of hydrogen-bond acceptors (Lipinski definition) is 2. The van der Waals surface area contributed by atoms with Gasteiger partial charge >= 0.3 is 0 Å². The van der Waals surface area contributed by atoms with Gasteiger partial charge in [0.2, 0.25) is 0 Å². The van der Waals surface area contributed by atoms with E-state index in [-0.39, 0.29) is 0 Å². The molecule has 4 rings (SSSR count). The highest BCUT2D eigenvalue weighted by Gasteiger charge is 2.10. The van der Waals surface area contributed by atoms with Crippen molar-refractivity contribution in [1.29, 1.82) is 0 Å². The second kappa shape index (κ2) is 7.32. The van der Waals surface area contributed by atoms with E-state index in [1.165, 1.54) is 10.8 Å². The van der Waals surface area contributed by atoms with Gasteiger partial charge in [0.05, 0.1) is 12.2 Å². The van der Waals surface area contributed by atoms with Gasteiger partial charge in [-0.1, -0.05) is 60.1 Å². The Morgan fingerprint density at radius 2 is 1.77 bits per heavy atom. The van der Waals surface area contributed by atoms with Crippen LogP contribution in [0.5, 0.6) is 0 Å². The van der Waals surface area contributed by atoms with E-state index in [9.17, 15) is 0 Å². The highest BCUT2D eigenvalue weighted by atomic mass is 35.5. The van der Waals surface area contributed by atoms with Crippen LogP contribution in [0.15, 0.2) is 89.8 Å². The van der Waals surface area contributed by atoms with Crippen LogP contribution in [0, 0.1) is 0 Å². The van der Waals surface area contributed by atoms with E-state index in [0.717, 1.165) is 26.8 Å². The fourth-order valence-electron chi connectivity index (χ4n) is 2.95. The Morgan fingerprint density at radius 3 is 2.54 bits per heavy atom. The van der Waals surface area contributed by atoms with Crippen LogP contribution in [0.3, 0.4) is 0 Å². The molecule has 0 atom stereocenters. The zero-order valence-electron chi connectivity index (χ0n) is 14.1. The zero-order chi connectivity index (χ0) is 17.9. The molecule has 0 aliphatic carbocycles. The maximum Gasteiger partial charge on any atom is 0.190 e. The molecule has 128 valence electrons. The first-order valence-corrected chi connectivity index (χ1v) is 9.59. The fourth-order valence-corrected chi connectivity index (χ4v) is 3.99. The van der Waals surface area contributed by atoms with Crippen molar-refractivity contribution in [2.45, 2.75) is 0 Å². The van der Waals surface area contributed by atoms with Crippen LogP contribution in [0.4, 0.5) is 0 Å². The van der Waals surface area contributed by atoms with Gasteiger partial charge in [-0.15, -0.1) is 17.9 Å². The molecule has 4 heteroatoms. The topological polar surface area (TPSA) is 17.3 Å². The van der Waals surface area contributed by atoms with Crippen molar-refractivity contribution in [3.05, 3.63) is 94.6 Å². The summed E-state index contributed by atoms with van der Waals surface area (Å²) < 4.78 is 2.20. The minimum atomic E-state index is 0.591. The fraction of sp³-hybridized carbons (Fsp3) is 0.0455. The molecule has 0 radical (unpaired) electrons. The van der Waals surface area contributed by atoms with Gasteiger partial charge in [-0.05, 0) is 40.6 Å². The molecule has 0 aliphatic heterocycles. The van der Waals surface area contributed by atoms with E-state index >= 15 is 0 Å². The summed E-state index contributed by atoms with van der Waals surface area (Å²) >= 11 is 7.69. The molecule has 0 N–H and O–H groups in total. The number of thiazole rings is 1. The lowest BCUT2D eigenvalue weighted by atomic mass is 10.1. The summed E-state index contributed by atoms with van der Waals surface area (Å²) in [4.78, 5) is 5.63. The number of rotatable bonds is 4. The molecule has 0 fully saturated rings. The number of fused-ring (bicyclic) bond motifs is 1. The maximum atomic E-state index is 6.06. The van der Waals surface area contributed by atoms with Crippen molar-refractivity contribution < 1.29 is 0 Å². The molecule has 3 aromatic carbocycles. The molecular formula is C22H17ClN2S. The minimum Gasteiger partial charge on any atom is -0.285 e. The van der Waals surface area contributed by atoms with Gasteiger partial charge in [0, 0.05) is 16.1 Å². The van der Waals surface area contributed by atoms with Crippen LogP contribution >= 0.6 is 22.9 Å². The molecule has 0 aliphatic rings. The Morgan fingerprint density at radius 1 is 1.00 bits per heavy atom. The van der Waals surface area contributed by atoms with Gasteiger partial charge in [-0.2, -0.15) is 0 Å². The Bertz CT molecular complexity index is 1140. The molecule has 0 amide bonds. The van der Waals surface area contributed by atoms with Gasteiger partial charge < -0.3 is 0 Å². The SMILES string of the molecule is C=CCN=c1scc(-c2ccc(Cl)cc2)n1-c1ccc2ccccc2c1. The molecule has 1 aromatic heterocycles. The second-order valence-corrected chi connectivity index (χ2v) is 7.18. The van der Waals surface area contributed by atoms with Crippen molar-refractivity contribution in [2.75, 3.05) is 6.54 Å². The minimum absolute atomic E-state index is 0.591. The van der Waals surface area contributed by atoms with Gasteiger partial charge in [-0.3, -0.25) is 9.56 Å². The van der Waals surface area contributed by atoms with Crippen molar-refractivity contribution in [2.24, 2.45) is 4.99 Å². The third-order valence-electron chi connectivity index (χ3n) is 4.20. The normalized spacial score (nSPS) is 11.8. The van der Waals surface area contributed by atoms with E-state index in [2.05, 4.69) is 64.0 Å². The van der Waals surface area contributed by atoms with E-state index in [4.69, 9.17) is 11.6 Å². The lowest BCUT2D eigenvalue weighted by Crippen LogP contribution is -2.14. The molecule has 0 saturated heterocycles. The average Bonchev–Trinajstić information content (AvgIpc) is 3.10. The number of halogens is 1. The first-order chi connectivity index (χ1) is 12.8. The molecule has 1 heterocycles. The average molecular weight is 377 g/mol. The smallest absolute Gasteiger partial charge is 0.190 e. The summed E-state index contributed by atoms with van der Waals surface area (Å²) in [7, 11) is 0. The molecule has 0 bridgehead atoms. The number of hydrogen-bond donors (Lipinski definition) is 0. The molecular weight excluding hydrogens is 360 g/mol. The lowest BCUT2D eigenvalue weighted by Gasteiger charge is -2.11. The van der Waals surface area contributed by atoms with Gasteiger partial charge in [0.1, 0.15) is 0 Å². The molecule has 4 aromatic rings. The number of benzene rings is 3. The van der Waals surface area contributed by atoms with E-state index in [1.54, 1.807) is 11.3 Å². The Kier molecular flexibility index (Phi) is 4.74. The quantitative estimate of drug-likeness (QED) is 0.383. The summed E-state index contributed by atoms with van der Waals surface area (Å²) in [5.41, 5.74) is 3.31. The Balaban J connectivity index is 1.95. The van der Waals surface area contributed by atoms with Crippen LogP contribution in [0.25, 0.3) is 27.7 Å². The van der Waals surface area contributed by atoms with E-state index in [1.807, 2.05) is 30.3 Å². The predicted molar refractivity (Wildman–Crippen MR) is 112 cm³/mol. The van der Waals surface area contributed by atoms with E-state index < -0.39 is 0 Å². The second-order valence-electron chi connectivity index (χ2n) is 5.91. The summed E-state index contributed by atoms with van der Waals surface area (Å²) in [6.45, 7) is 4.37. The van der Waals surface area contributed by atoms with Gasteiger partial charge in [-0.25, -0.2) is 0 Å². The summed E-state index contributed by atoms with van der Waals surface area (Å²) in [6, 6.07) is 22.8. The Hall–Kier alpha value is -2.62. The molecule has 2 nitrogen and oxygen atoms in total. The Labute approximate surface area is 161 Å². The monoisotopic (exact) mass is 376 g/mol. The van der Waals surface area contributed by atoms with Crippen LogP contribution in [-0.4, -0.2) is 11.1 Å². The van der Waals surface area contributed by atoms with Crippen molar-refractivity contribution in [3.63, 3.8) is 0 Å². The first-order valence-electron chi connectivity index (χ1n) is 8.33. The van der Waals surface area contributed by atoms with Crippen LogP contribution < -0.4 is 4.80 Å². The molecule has 0 unspecified atom stereocenters. The summed E-state index contributed by atoms with van der Waals surface area (Å²) in [5, 5.41) is 5.31. The molecule has 0 spiro atoms. The highest BCUT2D eigenvalue weighted by Crippen LogP contribution is 2.26. The third-order valence-corrected chi connectivity index (χ3v) is 5.31. The predicted octanol–water partition coefficient (Wildman–Crippen LogP) is 6.10. The van der Waals surface area contributed by atoms with E-state index in [0.29, 0.717) is 6.54 Å². The number of nitrogens with zero attached hydrogens (tertiary/aromatic N) is 2. The lowest BCUT2D eigenvalue weighted by molar-refractivity contribution is 0.978. The standard InChI is InChI=1S/C22H17ClN2S/c1-2-13-24-22-25(20-12-9-16-5-3-4-6-18(16)14-20)21(15-26-22)17-7-10-19(23)11-8-17/h2-12,14-15H,1,13H2. The molecule has 0 saturated carbocycles.